The molecule has 5 heteroatoms. The number of ether oxygens (including phenoxy) is 1. The van der Waals surface area contributed by atoms with Gasteiger partial charge in [0.15, 0.2) is 0 Å². The van der Waals surface area contributed by atoms with E-state index in [4.69, 9.17) is 4.74 Å². The first-order valence-electron chi connectivity index (χ1n) is 11.8. The second-order valence-corrected chi connectivity index (χ2v) is 8.57. The number of nitrogens with zero attached hydrogens (tertiary/aromatic N) is 1. The number of carbonyl (C=O) groups is 1. The molecule has 1 aromatic heterocycles. The summed E-state index contributed by atoms with van der Waals surface area (Å²) in [4.78, 5) is 15.8. The Morgan fingerprint density at radius 3 is 2.56 bits per heavy atom. The number of fused-ring (bicyclic) bond motifs is 2. The first-order valence-corrected chi connectivity index (χ1v) is 11.8. The number of H-pyrrole nitrogens is 1. The van der Waals surface area contributed by atoms with Crippen LogP contribution in [0.2, 0.25) is 0 Å². The molecule has 0 aliphatic rings. The van der Waals surface area contributed by atoms with Crippen molar-refractivity contribution in [2.24, 2.45) is 0 Å². The largest absolute Gasteiger partial charge is 0.489 e. The second-order valence-electron chi connectivity index (χ2n) is 8.57. The molecule has 176 valence electrons. The number of para-hydroxylation sites is 1. The summed E-state index contributed by atoms with van der Waals surface area (Å²) in [5.41, 5.74) is 4.12. The normalized spacial score (nSPS) is 11.4. The Morgan fingerprint density at radius 1 is 0.944 bits per heavy atom. The van der Waals surface area contributed by atoms with Crippen LogP contribution in [-0.2, 0) is 17.8 Å². The van der Waals surface area contributed by atoms with Gasteiger partial charge in [-0.25, -0.2) is 0 Å². The second kappa shape index (κ2) is 10.6. The average Bonchev–Trinajstić information content (AvgIpc) is 3.34. The van der Waals surface area contributed by atoms with Crippen LogP contribution in [0.15, 0.2) is 103 Å². The highest BCUT2D eigenvalue weighted by molar-refractivity contribution is 6.01. The molecule has 0 fully saturated rings. The fraction of sp³-hybridized carbons (Fsp3) is 0.0968. The molecule has 1 amide bonds. The van der Waals surface area contributed by atoms with Gasteiger partial charge in [0.05, 0.1) is 0 Å². The molecule has 5 rings (SSSR count). The van der Waals surface area contributed by atoms with Crippen LogP contribution in [0.25, 0.3) is 27.8 Å². The molecule has 0 radical (unpaired) electrons. The lowest BCUT2D eigenvalue weighted by atomic mass is 10.1. The first-order chi connectivity index (χ1) is 17.7. The van der Waals surface area contributed by atoms with Gasteiger partial charge in [0.25, 0.3) is 5.91 Å². The molecule has 0 bridgehead atoms. The fourth-order valence-electron chi connectivity index (χ4n) is 4.22. The fourth-order valence-corrected chi connectivity index (χ4v) is 4.22. The van der Waals surface area contributed by atoms with Gasteiger partial charge in [-0.05, 0) is 64.2 Å². The number of hydrogen-bond donors (Lipinski definition) is 2. The highest BCUT2D eigenvalue weighted by atomic mass is 16.5. The number of nitrogens with one attached hydrogen (secondary N) is 2. The molecule has 36 heavy (non-hydrogen) atoms. The topological polar surface area (TPSA) is 77.9 Å². The highest BCUT2D eigenvalue weighted by Gasteiger charge is 2.10. The predicted molar refractivity (Wildman–Crippen MR) is 143 cm³/mol. The summed E-state index contributed by atoms with van der Waals surface area (Å²) in [6.07, 6.45) is 4.23. The van der Waals surface area contributed by atoms with Crippen LogP contribution < -0.4 is 10.1 Å². The minimum absolute atomic E-state index is 0.0683. The van der Waals surface area contributed by atoms with Gasteiger partial charge < -0.3 is 15.0 Å². The Labute approximate surface area is 209 Å². The third-order valence-electron chi connectivity index (χ3n) is 6.13. The van der Waals surface area contributed by atoms with Crippen LogP contribution >= 0.6 is 0 Å². The van der Waals surface area contributed by atoms with Crippen molar-refractivity contribution in [2.75, 3.05) is 6.54 Å². The minimum atomic E-state index is -0.381. The number of aromatic amines is 1. The number of rotatable bonds is 8. The Morgan fingerprint density at radius 2 is 1.72 bits per heavy atom. The van der Waals surface area contributed by atoms with Gasteiger partial charge >= 0.3 is 0 Å². The molecule has 5 aromatic rings. The Hall–Kier alpha value is -4.82. The Balaban J connectivity index is 1.16. The summed E-state index contributed by atoms with van der Waals surface area (Å²) in [6.45, 7) is 0.906. The average molecular weight is 472 g/mol. The van der Waals surface area contributed by atoms with Crippen molar-refractivity contribution < 1.29 is 9.53 Å². The van der Waals surface area contributed by atoms with Crippen LogP contribution in [0.3, 0.4) is 0 Å². The van der Waals surface area contributed by atoms with Crippen LogP contribution in [-0.4, -0.2) is 17.4 Å². The first kappa shape index (κ1) is 22.9. The number of benzene rings is 4. The van der Waals surface area contributed by atoms with Crippen molar-refractivity contribution >= 4 is 33.7 Å². The molecule has 0 unspecified atom stereocenters. The van der Waals surface area contributed by atoms with Crippen molar-refractivity contribution in [1.29, 1.82) is 5.26 Å². The van der Waals surface area contributed by atoms with Gasteiger partial charge in [-0.2, -0.15) is 5.26 Å². The van der Waals surface area contributed by atoms with Gasteiger partial charge in [0, 0.05) is 23.6 Å². The lowest BCUT2D eigenvalue weighted by Crippen LogP contribution is -2.26. The van der Waals surface area contributed by atoms with E-state index in [2.05, 4.69) is 46.7 Å². The van der Waals surface area contributed by atoms with E-state index in [1.165, 1.54) is 10.8 Å². The molecular weight excluding hydrogens is 446 g/mol. The molecule has 0 saturated heterocycles. The van der Waals surface area contributed by atoms with E-state index in [-0.39, 0.29) is 11.5 Å². The maximum Gasteiger partial charge on any atom is 0.261 e. The monoisotopic (exact) mass is 471 g/mol. The standard InChI is InChI=1S/C31H25N3O2/c32-19-27(31(35)33-16-15-26-20-34-30-8-4-3-7-29(26)30)17-22-10-13-28(14-11-22)36-21-23-9-12-24-5-1-2-6-25(24)18-23/h1-14,17-18,20,34H,15-16,21H2,(H,33,35)/b27-17-. The number of hydrogen-bond acceptors (Lipinski definition) is 3. The SMILES string of the molecule is N#C/C(=C/c1ccc(OCc2ccc3ccccc3c2)cc1)C(=O)NCCc1c[nH]c2ccccc12. The van der Waals surface area contributed by atoms with Gasteiger partial charge in [0.1, 0.15) is 24.0 Å². The summed E-state index contributed by atoms with van der Waals surface area (Å²) in [7, 11) is 0. The third kappa shape index (κ3) is 5.29. The number of carbonyl (C=O) groups excluding carboxylic acids is 1. The number of aromatic nitrogens is 1. The van der Waals surface area contributed by atoms with E-state index < -0.39 is 0 Å². The number of nitriles is 1. The molecule has 4 aromatic carbocycles. The molecule has 5 nitrogen and oxygen atoms in total. The highest BCUT2D eigenvalue weighted by Crippen LogP contribution is 2.20. The van der Waals surface area contributed by atoms with Crippen molar-refractivity contribution in [1.82, 2.24) is 10.3 Å². The summed E-state index contributed by atoms with van der Waals surface area (Å²) < 4.78 is 5.93. The summed E-state index contributed by atoms with van der Waals surface area (Å²) in [6, 6.07) is 32.0. The molecule has 0 atom stereocenters. The third-order valence-corrected chi connectivity index (χ3v) is 6.13. The molecular formula is C31H25N3O2. The number of amides is 1. The van der Waals surface area contributed by atoms with Gasteiger partial charge in [0.2, 0.25) is 0 Å². The lowest BCUT2D eigenvalue weighted by Gasteiger charge is -2.08. The van der Waals surface area contributed by atoms with E-state index in [1.807, 2.05) is 66.9 Å². The maximum absolute atomic E-state index is 12.6. The molecule has 0 spiro atoms. The van der Waals surface area contributed by atoms with Crippen molar-refractivity contribution in [3.8, 4) is 11.8 Å². The molecule has 0 saturated carbocycles. The van der Waals surface area contributed by atoms with E-state index in [9.17, 15) is 10.1 Å². The van der Waals surface area contributed by atoms with Crippen molar-refractivity contribution in [3.63, 3.8) is 0 Å². The van der Waals surface area contributed by atoms with Crippen LogP contribution in [0.4, 0.5) is 0 Å². The zero-order valence-electron chi connectivity index (χ0n) is 19.7. The van der Waals surface area contributed by atoms with E-state index >= 15 is 0 Å². The molecule has 1 heterocycles. The van der Waals surface area contributed by atoms with Crippen LogP contribution in [0.1, 0.15) is 16.7 Å². The zero-order valence-corrected chi connectivity index (χ0v) is 19.7. The minimum Gasteiger partial charge on any atom is -0.489 e. The van der Waals surface area contributed by atoms with E-state index in [0.717, 1.165) is 33.3 Å². The van der Waals surface area contributed by atoms with Gasteiger partial charge in [-0.15, -0.1) is 0 Å². The van der Waals surface area contributed by atoms with E-state index in [1.54, 1.807) is 6.08 Å². The van der Waals surface area contributed by atoms with Gasteiger partial charge in [-0.1, -0.05) is 66.7 Å². The maximum atomic E-state index is 12.6. The summed E-state index contributed by atoms with van der Waals surface area (Å²) in [5.74, 6) is 0.343. The quantitative estimate of drug-likeness (QED) is 0.210. The smallest absolute Gasteiger partial charge is 0.261 e. The van der Waals surface area contributed by atoms with Crippen molar-refractivity contribution in [2.45, 2.75) is 13.0 Å². The van der Waals surface area contributed by atoms with Crippen LogP contribution in [0, 0.1) is 11.3 Å². The summed E-state index contributed by atoms with van der Waals surface area (Å²) >= 11 is 0. The predicted octanol–water partition coefficient (Wildman–Crippen LogP) is 6.17. The van der Waals surface area contributed by atoms with Crippen LogP contribution in [0.5, 0.6) is 5.75 Å². The molecule has 2 N–H and O–H groups in total. The van der Waals surface area contributed by atoms with Crippen molar-refractivity contribution in [3.05, 3.63) is 119 Å². The van der Waals surface area contributed by atoms with E-state index in [0.29, 0.717) is 19.6 Å². The summed E-state index contributed by atoms with van der Waals surface area (Å²) in [5, 5.41) is 15.9. The Kier molecular flexibility index (Phi) is 6.77. The molecule has 0 aliphatic heterocycles. The Bertz CT molecular complexity index is 1590. The molecule has 0 aliphatic carbocycles. The lowest BCUT2D eigenvalue weighted by molar-refractivity contribution is -0.117. The van der Waals surface area contributed by atoms with Gasteiger partial charge in [-0.3, -0.25) is 4.79 Å². The zero-order chi connectivity index (χ0) is 24.7.